The van der Waals surface area contributed by atoms with Crippen LogP contribution in [-0.4, -0.2) is 57.4 Å². The third-order valence-electron chi connectivity index (χ3n) is 6.21. The van der Waals surface area contributed by atoms with Crippen LogP contribution in [0.4, 0.5) is 0 Å². The van der Waals surface area contributed by atoms with Crippen molar-refractivity contribution >= 4 is 46.4 Å². The Morgan fingerprint density at radius 1 is 1.23 bits per heavy atom. The number of aromatic nitrogens is 2. The number of nitrogens with one attached hydrogen (secondary N) is 1. The Labute approximate surface area is 251 Å². The summed E-state index contributed by atoms with van der Waals surface area (Å²) in [6, 6.07) is 14.9. The molecule has 0 fully saturated rings. The Morgan fingerprint density at radius 3 is 2.65 bits per heavy atom. The van der Waals surface area contributed by atoms with Crippen molar-refractivity contribution in [2.24, 2.45) is 5.92 Å². The van der Waals surface area contributed by atoms with Gasteiger partial charge in [0, 0.05) is 45.2 Å². The van der Waals surface area contributed by atoms with Crippen LogP contribution < -0.4 is 5.32 Å². The maximum Gasteiger partial charge on any atom is 0.249 e. The van der Waals surface area contributed by atoms with Gasteiger partial charge in [-0.2, -0.15) is 5.26 Å². The lowest BCUT2D eigenvalue weighted by Gasteiger charge is -2.36. The van der Waals surface area contributed by atoms with Crippen molar-refractivity contribution in [3.05, 3.63) is 87.4 Å². The Kier molecular flexibility index (Phi) is 12.4. The number of carbonyl (C=O) groups is 1. The van der Waals surface area contributed by atoms with Gasteiger partial charge in [0.15, 0.2) is 5.11 Å². The predicted octanol–water partition coefficient (Wildman–Crippen LogP) is 5.47. The average Bonchev–Trinajstić information content (AvgIpc) is 3.36. The minimum Gasteiger partial charge on any atom is -0.383 e. The van der Waals surface area contributed by atoms with Gasteiger partial charge >= 0.3 is 0 Å². The number of benzene rings is 2. The van der Waals surface area contributed by atoms with Crippen molar-refractivity contribution in [2.45, 2.75) is 39.8 Å². The number of hydrazine groups is 1. The van der Waals surface area contributed by atoms with Crippen molar-refractivity contribution in [3.63, 3.8) is 0 Å². The summed E-state index contributed by atoms with van der Waals surface area (Å²) < 4.78 is 7.09. The van der Waals surface area contributed by atoms with Crippen molar-refractivity contribution in [1.82, 2.24) is 24.9 Å². The number of nitriles is 1. The summed E-state index contributed by atoms with van der Waals surface area (Å²) in [7, 11) is 1.61. The van der Waals surface area contributed by atoms with Gasteiger partial charge in [-0.15, -0.1) is 0 Å². The number of nitrogens with zero attached hydrogens (tertiary/aromatic N) is 5. The highest BCUT2D eigenvalue weighted by Gasteiger charge is 2.28. The van der Waals surface area contributed by atoms with Crippen molar-refractivity contribution < 1.29 is 9.53 Å². The number of thiocarbonyl (C=S) groups is 1. The summed E-state index contributed by atoms with van der Waals surface area (Å²) in [4.78, 5) is 18.3. The zero-order valence-electron chi connectivity index (χ0n) is 22.9. The van der Waals surface area contributed by atoms with Gasteiger partial charge in [-0.25, -0.2) is 15.0 Å². The number of hydrogen-bond acceptors (Lipinski definition) is 6. The number of halogens is 2. The van der Waals surface area contributed by atoms with E-state index in [1.54, 1.807) is 37.8 Å². The molecule has 1 heterocycles. The van der Waals surface area contributed by atoms with Gasteiger partial charge in [0.2, 0.25) is 5.91 Å². The Morgan fingerprint density at radius 2 is 1.98 bits per heavy atom. The van der Waals surface area contributed by atoms with Gasteiger partial charge < -0.3 is 14.6 Å². The highest BCUT2D eigenvalue weighted by molar-refractivity contribution is 7.80. The van der Waals surface area contributed by atoms with Crippen LogP contribution in [0.15, 0.2) is 55.0 Å². The lowest BCUT2D eigenvalue weighted by atomic mass is 10.1. The normalized spacial score (nSPS) is 11.1. The second-order valence-corrected chi connectivity index (χ2v) is 10.9. The van der Waals surface area contributed by atoms with Gasteiger partial charge in [-0.1, -0.05) is 61.3 Å². The van der Waals surface area contributed by atoms with Crippen LogP contribution in [0, 0.1) is 17.2 Å². The van der Waals surface area contributed by atoms with E-state index in [1.807, 2.05) is 33.8 Å². The molecule has 1 N–H and O–H groups in total. The molecule has 3 rings (SSSR count). The molecule has 0 aliphatic rings. The first-order valence-electron chi connectivity index (χ1n) is 13.0. The minimum absolute atomic E-state index is 0.0732. The van der Waals surface area contributed by atoms with E-state index in [4.69, 9.17) is 45.4 Å². The van der Waals surface area contributed by atoms with Crippen molar-refractivity contribution in [2.75, 3.05) is 26.8 Å². The van der Waals surface area contributed by atoms with Crippen LogP contribution >= 0.6 is 35.4 Å². The molecule has 8 nitrogen and oxygen atoms in total. The van der Waals surface area contributed by atoms with E-state index < -0.39 is 0 Å². The lowest BCUT2D eigenvalue weighted by Crippen LogP contribution is -2.55. The third-order valence-corrected chi connectivity index (χ3v) is 7.38. The topological polar surface area (TPSA) is 86.4 Å². The zero-order valence-corrected chi connectivity index (χ0v) is 25.3. The molecule has 0 atom stereocenters. The summed E-state index contributed by atoms with van der Waals surface area (Å²) in [5, 5.41) is 16.9. The number of rotatable bonds is 13. The summed E-state index contributed by atoms with van der Waals surface area (Å²) in [6.07, 6.45) is 4.29. The van der Waals surface area contributed by atoms with Crippen molar-refractivity contribution in [1.29, 1.82) is 5.26 Å². The number of hydrogen-bond donors (Lipinski definition) is 1. The summed E-state index contributed by atoms with van der Waals surface area (Å²) in [5.74, 6) is 0.191. The number of carbonyl (C=O) groups excluding carboxylic acids is 1. The Balaban J connectivity index is 1.89. The number of imidazole rings is 1. The van der Waals surface area contributed by atoms with E-state index in [0.29, 0.717) is 54.3 Å². The quantitative estimate of drug-likeness (QED) is 0.158. The number of methoxy groups -OCH3 is 1. The van der Waals surface area contributed by atoms with Crippen LogP contribution in [0.3, 0.4) is 0 Å². The maximum atomic E-state index is 14.0. The fourth-order valence-electron chi connectivity index (χ4n) is 4.01. The van der Waals surface area contributed by atoms with Crippen LogP contribution in [0.2, 0.25) is 10.0 Å². The first kappa shape index (κ1) is 31.5. The SMILES string of the molecule is COCCNC(=S)N(C(=O)Cc1cncn1Cc1ccc(C#N)cc1)N(CCC(C)C)Cc1cccc(Cl)c1Cl. The van der Waals surface area contributed by atoms with Crippen LogP contribution in [-0.2, 0) is 29.0 Å². The Bertz CT molecular complexity index is 1320. The second-order valence-electron chi connectivity index (χ2n) is 9.71. The third kappa shape index (κ3) is 9.01. The van der Waals surface area contributed by atoms with Gasteiger partial charge in [-0.3, -0.25) is 4.79 Å². The first-order valence-corrected chi connectivity index (χ1v) is 14.1. The monoisotopic (exact) mass is 600 g/mol. The standard InChI is InChI=1S/C29H34Cl2N6O2S/c1-21(2)11-13-36(19-24-5-4-6-26(30)28(24)31)37(29(40)34-12-14-39-3)27(38)15-25-17-33-20-35(25)18-23-9-7-22(16-32)8-10-23/h4-10,17,20-21H,11-15,18-19H2,1-3H3,(H,34,40). The molecular formula is C29H34Cl2N6O2S. The average molecular weight is 602 g/mol. The van der Waals surface area contributed by atoms with E-state index in [0.717, 1.165) is 23.2 Å². The van der Waals surface area contributed by atoms with E-state index in [2.05, 4.69) is 30.2 Å². The van der Waals surface area contributed by atoms with Gasteiger partial charge in [0.25, 0.3) is 0 Å². The van der Waals surface area contributed by atoms with E-state index in [9.17, 15) is 4.79 Å². The highest BCUT2D eigenvalue weighted by atomic mass is 35.5. The van der Waals surface area contributed by atoms with E-state index in [1.165, 1.54) is 5.01 Å². The molecule has 1 amide bonds. The highest BCUT2D eigenvalue weighted by Crippen LogP contribution is 2.27. The maximum absolute atomic E-state index is 14.0. The molecule has 0 aliphatic heterocycles. The van der Waals surface area contributed by atoms with Crippen molar-refractivity contribution in [3.8, 4) is 6.07 Å². The summed E-state index contributed by atoms with van der Waals surface area (Å²) >= 11 is 18.6. The van der Waals surface area contributed by atoms with Gasteiger partial charge in [0.05, 0.1) is 41.0 Å². The largest absolute Gasteiger partial charge is 0.383 e. The molecule has 40 heavy (non-hydrogen) atoms. The lowest BCUT2D eigenvalue weighted by molar-refractivity contribution is -0.139. The molecule has 0 bridgehead atoms. The molecule has 0 aliphatic carbocycles. The predicted molar refractivity (Wildman–Crippen MR) is 162 cm³/mol. The fourth-order valence-corrected chi connectivity index (χ4v) is 4.71. The van der Waals surface area contributed by atoms with Crippen LogP contribution in [0.25, 0.3) is 0 Å². The molecule has 0 saturated carbocycles. The van der Waals surface area contributed by atoms with E-state index in [-0.39, 0.29) is 17.4 Å². The molecule has 0 saturated heterocycles. The molecule has 2 aromatic carbocycles. The first-order chi connectivity index (χ1) is 19.2. The molecule has 11 heteroatoms. The zero-order chi connectivity index (χ0) is 29.1. The molecule has 212 valence electrons. The molecule has 3 aromatic rings. The fraction of sp³-hybridized carbons (Fsp3) is 0.379. The molecule has 0 radical (unpaired) electrons. The molecule has 0 unspecified atom stereocenters. The van der Waals surface area contributed by atoms with Gasteiger partial charge in [0.1, 0.15) is 0 Å². The van der Waals surface area contributed by atoms with E-state index >= 15 is 0 Å². The minimum atomic E-state index is -0.210. The summed E-state index contributed by atoms with van der Waals surface area (Å²) in [5.41, 5.74) is 3.12. The molecule has 0 spiro atoms. The van der Waals surface area contributed by atoms with Gasteiger partial charge in [-0.05, 0) is 53.9 Å². The van der Waals surface area contributed by atoms with Crippen LogP contribution in [0.1, 0.15) is 42.7 Å². The molecular weight excluding hydrogens is 567 g/mol. The smallest absolute Gasteiger partial charge is 0.249 e. The number of ether oxygens (including phenoxy) is 1. The Hall–Kier alpha value is -3.00. The van der Waals surface area contributed by atoms with Crippen LogP contribution in [0.5, 0.6) is 0 Å². The summed E-state index contributed by atoms with van der Waals surface area (Å²) in [6.45, 7) is 6.58. The number of amides is 1. The second kappa shape index (κ2) is 15.7. The molecule has 1 aromatic heterocycles.